The Kier molecular flexibility index (Phi) is 5.06. The summed E-state index contributed by atoms with van der Waals surface area (Å²) in [5.41, 5.74) is 2.30. The molecular formula is C18H21NO4S. The number of ether oxygens (including phenoxy) is 2. The molecule has 0 amide bonds. The summed E-state index contributed by atoms with van der Waals surface area (Å²) in [7, 11) is -3.57. The van der Waals surface area contributed by atoms with Gasteiger partial charge in [-0.3, -0.25) is 0 Å². The average molecular weight is 347 g/mol. The molecule has 128 valence electrons. The summed E-state index contributed by atoms with van der Waals surface area (Å²) in [6, 6.07) is 12.7. The lowest BCUT2D eigenvalue weighted by atomic mass is 10.1. The number of fused-ring (bicyclic) bond motifs is 1. The predicted molar refractivity (Wildman–Crippen MR) is 92.1 cm³/mol. The predicted octanol–water partition coefficient (Wildman–Crippen LogP) is 2.68. The van der Waals surface area contributed by atoms with E-state index >= 15 is 0 Å². The Morgan fingerprint density at radius 3 is 2.58 bits per heavy atom. The fraction of sp³-hybridized carbons (Fsp3) is 0.333. The molecule has 1 aliphatic rings. The minimum atomic E-state index is -3.57. The van der Waals surface area contributed by atoms with Gasteiger partial charge in [-0.05, 0) is 36.6 Å². The molecule has 6 heteroatoms. The Bertz CT molecular complexity index is 818. The lowest BCUT2D eigenvalue weighted by molar-refractivity contribution is 0.297. The van der Waals surface area contributed by atoms with Gasteiger partial charge in [0.2, 0.25) is 10.0 Å². The number of nitrogens with one attached hydrogen (secondary N) is 1. The van der Waals surface area contributed by atoms with Gasteiger partial charge >= 0.3 is 0 Å². The topological polar surface area (TPSA) is 64.6 Å². The van der Waals surface area contributed by atoms with Gasteiger partial charge in [0.05, 0.1) is 18.1 Å². The molecular weight excluding hydrogens is 326 g/mol. The molecule has 24 heavy (non-hydrogen) atoms. The van der Waals surface area contributed by atoms with Crippen molar-refractivity contribution in [1.82, 2.24) is 4.72 Å². The van der Waals surface area contributed by atoms with Gasteiger partial charge in [0.25, 0.3) is 0 Å². The first-order chi connectivity index (χ1) is 11.6. The summed E-state index contributed by atoms with van der Waals surface area (Å²) >= 11 is 0. The summed E-state index contributed by atoms with van der Waals surface area (Å²) in [5, 5.41) is 0. The number of hydrogen-bond donors (Lipinski definition) is 1. The van der Waals surface area contributed by atoms with E-state index in [0.717, 1.165) is 17.5 Å². The van der Waals surface area contributed by atoms with Crippen LogP contribution in [0.1, 0.15) is 17.5 Å². The second-order valence-corrected chi connectivity index (χ2v) is 7.50. The highest BCUT2D eigenvalue weighted by Gasteiger charge is 2.18. The molecule has 0 saturated carbocycles. The monoisotopic (exact) mass is 347 g/mol. The summed E-state index contributed by atoms with van der Waals surface area (Å²) in [5.74, 6) is 1.07. The molecule has 0 bridgehead atoms. The maximum absolute atomic E-state index is 12.5. The molecule has 3 rings (SSSR count). The van der Waals surface area contributed by atoms with Crippen LogP contribution in [0.15, 0.2) is 47.4 Å². The molecule has 0 radical (unpaired) electrons. The zero-order valence-electron chi connectivity index (χ0n) is 13.6. The Hall–Kier alpha value is -2.05. The lowest BCUT2D eigenvalue weighted by Gasteiger charge is -2.11. The zero-order valence-corrected chi connectivity index (χ0v) is 14.4. The minimum Gasteiger partial charge on any atom is -0.490 e. The van der Waals surface area contributed by atoms with Gasteiger partial charge in [0, 0.05) is 19.0 Å². The van der Waals surface area contributed by atoms with E-state index in [-0.39, 0.29) is 4.90 Å². The summed E-state index contributed by atoms with van der Waals surface area (Å²) < 4.78 is 38.7. The highest BCUT2D eigenvalue weighted by atomic mass is 32.2. The molecule has 0 aliphatic carbocycles. The molecule has 5 nitrogen and oxygen atoms in total. The van der Waals surface area contributed by atoms with E-state index in [1.807, 2.05) is 31.2 Å². The van der Waals surface area contributed by atoms with Crippen LogP contribution in [0.25, 0.3) is 0 Å². The number of rotatable bonds is 5. The first-order valence-corrected chi connectivity index (χ1v) is 9.48. The SMILES string of the molecule is Cc1ccccc1CCNS(=O)(=O)c1ccc2c(c1)OCCCO2. The van der Waals surface area contributed by atoms with Crippen molar-refractivity contribution >= 4 is 10.0 Å². The smallest absolute Gasteiger partial charge is 0.240 e. The van der Waals surface area contributed by atoms with Crippen molar-refractivity contribution in [2.24, 2.45) is 0 Å². The van der Waals surface area contributed by atoms with Gasteiger partial charge in [-0.2, -0.15) is 0 Å². The number of benzene rings is 2. The van der Waals surface area contributed by atoms with E-state index in [2.05, 4.69) is 4.72 Å². The van der Waals surface area contributed by atoms with Crippen molar-refractivity contribution in [1.29, 1.82) is 0 Å². The van der Waals surface area contributed by atoms with Gasteiger partial charge in [-0.15, -0.1) is 0 Å². The molecule has 1 aliphatic heterocycles. The molecule has 2 aromatic carbocycles. The molecule has 1 heterocycles. The Morgan fingerprint density at radius 1 is 1.04 bits per heavy atom. The van der Waals surface area contributed by atoms with Gasteiger partial charge in [-0.25, -0.2) is 13.1 Å². The van der Waals surface area contributed by atoms with Crippen LogP contribution in [-0.4, -0.2) is 28.2 Å². The number of aryl methyl sites for hydroxylation is 1. The largest absolute Gasteiger partial charge is 0.490 e. The van der Waals surface area contributed by atoms with Gasteiger partial charge in [0.15, 0.2) is 11.5 Å². The third-order valence-corrected chi connectivity index (χ3v) is 5.44. The average Bonchev–Trinajstić information content (AvgIpc) is 2.81. The second kappa shape index (κ2) is 7.23. The maximum atomic E-state index is 12.5. The highest BCUT2D eigenvalue weighted by molar-refractivity contribution is 7.89. The van der Waals surface area contributed by atoms with Crippen molar-refractivity contribution in [3.8, 4) is 11.5 Å². The molecule has 0 atom stereocenters. The number of sulfonamides is 1. The van der Waals surface area contributed by atoms with Crippen LogP contribution in [-0.2, 0) is 16.4 Å². The molecule has 1 N–H and O–H groups in total. The van der Waals surface area contributed by atoms with E-state index in [1.165, 1.54) is 6.07 Å². The van der Waals surface area contributed by atoms with Crippen molar-refractivity contribution in [2.45, 2.75) is 24.7 Å². The minimum absolute atomic E-state index is 0.191. The van der Waals surface area contributed by atoms with E-state index in [0.29, 0.717) is 37.7 Å². The van der Waals surface area contributed by atoms with Crippen LogP contribution < -0.4 is 14.2 Å². The first-order valence-electron chi connectivity index (χ1n) is 8.00. The van der Waals surface area contributed by atoms with E-state index in [4.69, 9.17) is 9.47 Å². The normalized spacial score (nSPS) is 14.2. The molecule has 2 aromatic rings. The molecule has 0 saturated heterocycles. The summed E-state index contributed by atoms with van der Waals surface area (Å²) in [6.07, 6.45) is 1.43. The van der Waals surface area contributed by atoms with Crippen LogP contribution in [0.3, 0.4) is 0 Å². The Balaban J connectivity index is 1.69. The third-order valence-electron chi connectivity index (χ3n) is 3.98. The fourth-order valence-corrected chi connectivity index (χ4v) is 3.65. The Morgan fingerprint density at radius 2 is 1.79 bits per heavy atom. The zero-order chi connectivity index (χ0) is 17.0. The van der Waals surface area contributed by atoms with Gasteiger partial charge in [-0.1, -0.05) is 24.3 Å². The van der Waals surface area contributed by atoms with Crippen molar-refractivity contribution in [3.05, 3.63) is 53.6 Å². The van der Waals surface area contributed by atoms with Crippen LogP contribution in [0, 0.1) is 6.92 Å². The van der Waals surface area contributed by atoms with Crippen molar-refractivity contribution < 1.29 is 17.9 Å². The van der Waals surface area contributed by atoms with Crippen LogP contribution in [0.5, 0.6) is 11.5 Å². The van der Waals surface area contributed by atoms with Gasteiger partial charge < -0.3 is 9.47 Å². The molecule has 0 unspecified atom stereocenters. The lowest BCUT2D eigenvalue weighted by Crippen LogP contribution is -2.26. The third kappa shape index (κ3) is 3.88. The Labute approximate surface area is 142 Å². The van der Waals surface area contributed by atoms with E-state index < -0.39 is 10.0 Å². The standard InChI is InChI=1S/C18H21NO4S/c1-14-5-2-3-6-15(14)9-10-19-24(20,21)16-7-8-17-18(13-16)23-12-4-11-22-17/h2-3,5-8,13,19H,4,9-12H2,1H3. The van der Waals surface area contributed by atoms with Crippen molar-refractivity contribution in [2.75, 3.05) is 19.8 Å². The number of hydrogen-bond acceptors (Lipinski definition) is 4. The van der Waals surface area contributed by atoms with Crippen LogP contribution in [0.2, 0.25) is 0 Å². The second-order valence-electron chi connectivity index (χ2n) is 5.73. The summed E-state index contributed by atoms with van der Waals surface area (Å²) in [4.78, 5) is 0.191. The first kappa shape index (κ1) is 16.8. The van der Waals surface area contributed by atoms with E-state index in [1.54, 1.807) is 12.1 Å². The fourth-order valence-electron chi connectivity index (χ4n) is 2.60. The van der Waals surface area contributed by atoms with Crippen molar-refractivity contribution in [3.63, 3.8) is 0 Å². The molecule has 0 fully saturated rings. The highest BCUT2D eigenvalue weighted by Crippen LogP contribution is 2.31. The molecule has 0 spiro atoms. The maximum Gasteiger partial charge on any atom is 0.240 e. The van der Waals surface area contributed by atoms with Gasteiger partial charge in [0.1, 0.15) is 0 Å². The summed E-state index contributed by atoms with van der Waals surface area (Å²) in [6.45, 7) is 3.47. The van der Waals surface area contributed by atoms with Crippen LogP contribution in [0.4, 0.5) is 0 Å². The molecule has 0 aromatic heterocycles. The van der Waals surface area contributed by atoms with Crippen LogP contribution >= 0.6 is 0 Å². The quantitative estimate of drug-likeness (QED) is 0.903. The van der Waals surface area contributed by atoms with E-state index in [9.17, 15) is 8.42 Å².